The second kappa shape index (κ2) is 7.35. The molecular weight excluding hydrogens is 345 g/mol. The number of halogens is 3. The first-order valence-corrected chi connectivity index (χ1v) is 8.34. The van der Waals surface area contributed by atoms with E-state index in [1.54, 1.807) is 6.07 Å². The van der Waals surface area contributed by atoms with E-state index >= 15 is 0 Å². The summed E-state index contributed by atoms with van der Waals surface area (Å²) < 4.78 is 41.0. The Balaban J connectivity index is 1.52. The van der Waals surface area contributed by atoms with E-state index in [2.05, 4.69) is 15.0 Å². The molecule has 0 bridgehead atoms. The molecule has 26 heavy (non-hydrogen) atoms. The van der Waals surface area contributed by atoms with Gasteiger partial charge in [-0.25, -0.2) is 4.98 Å². The zero-order chi connectivity index (χ0) is 18.7. The molecule has 3 rings (SSSR count). The van der Waals surface area contributed by atoms with Crippen molar-refractivity contribution < 1.29 is 22.7 Å². The van der Waals surface area contributed by atoms with Crippen LogP contribution in [0.2, 0.25) is 0 Å². The molecular formula is C19H19F3N2O2. The van der Waals surface area contributed by atoms with Gasteiger partial charge in [-0.1, -0.05) is 36.4 Å². The lowest BCUT2D eigenvalue weighted by Gasteiger charge is -2.15. The molecule has 1 aromatic carbocycles. The highest BCUT2D eigenvalue weighted by atomic mass is 19.4. The highest BCUT2D eigenvalue weighted by Crippen LogP contribution is 2.47. The molecule has 1 heterocycles. The van der Waals surface area contributed by atoms with Crippen LogP contribution in [0.1, 0.15) is 36.4 Å². The molecule has 1 N–H and O–H groups in total. The molecule has 1 amide bonds. The number of nitrogens with one attached hydrogen (secondary N) is 1. The normalized spacial score (nSPS) is 20.3. The van der Waals surface area contributed by atoms with Gasteiger partial charge in [0.05, 0.1) is 6.04 Å². The number of rotatable bonds is 6. The number of carbonyl (C=O) groups excluding carboxylic acids is 1. The van der Waals surface area contributed by atoms with E-state index in [4.69, 9.17) is 0 Å². The number of carbonyl (C=O) groups is 1. The maximum Gasteiger partial charge on any atom is 0.422 e. The molecule has 1 aromatic heterocycles. The van der Waals surface area contributed by atoms with Crippen molar-refractivity contribution in [3.8, 4) is 5.88 Å². The Morgan fingerprint density at radius 3 is 2.62 bits per heavy atom. The highest BCUT2D eigenvalue weighted by Gasteiger charge is 2.44. The molecule has 1 saturated carbocycles. The van der Waals surface area contributed by atoms with Crippen molar-refractivity contribution in [1.29, 1.82) is 0 Å². The van der Waals surface area contributed by atoms with E-state index < -0.39 is 12.8 Å². The van der Waals surface area contributed by atoms with Crippen LogP contribution in [-0.4, -0.2) is 23.7 Å². The fourth-order valence-corrected chi connectivity index (χ4v) is 2.85. The average molecular weight is 364 g/mol. The topological polar surface area (TPSA) is 51.2 Å². The summed E-state index contributed by atoms with van der Waals surface area (Å²) in [5.74, 6) is 0.0848. The van der Waals surface area contributed by atoms with Crippen LogP contribution in [-0.2, 0) is 4.79 Å². The van der Waals surface area contributed by atoms with Crippen molar-refractivity contribution in [1.82, 2.24) is 10.3 Å². The van der Waals surface area contributed by atoms with Crippen molar-refractivity contribution in [2.45, 2.75) is 31.5 Å². The Labute approximate surface area is 149 Å². The lowest BCUT2D eigenvalue weighted by molar-refractivity contribution is -0.154. The summed E-state index contributed by atoms with van der Waals surface area (Å²) in [6.45, 7) is 0.430. The maximum atomic E-state index is 12.4. The van der Waals surface area contributed by atoms with Gasteiger partial charge in [0.1, 0.15) is 0 Å². The van der Waals surface area contributed by atoms with Gasteiger partial charge in [0.25, 0.3) is 0 Å². The minimum Gasteiger partial charge on any atom is -0.468 e. The largest absolute Gasteiger partial charge is 0.468 e. The summed E-state index contributed by atoms with van der Waals surface area (Å²) in [4.78, 5) is 16.2. The average Bonchev–Trinajstić information content (AvgIpc) is 3.41. The number of pyridine rings is 1. The van der Waals surface area contributed by atoms with Crippen LogP contribution in [0.4, 0.5) is 13.2 Å². The fourth-order valence-electron chi connectivity index (χ4n) is 2.85. The standard InChI is InChI=1S/C19H19F3N2O2/c1-12(14-7-8-17(23-10-14)26-11-19(20,21)22)24-18(25)16-9-15(16)13-5-3-2-4-6-13/h2-8,10,12,15-16H,9,11H2,1H3,(H,24,25)/t12?,15-,16+/m1/s1. The molecule has 0 saturated heterocycles. The molecule has 0 radical (unpaired) electrons. The Morgan fingerprint density at radius 1 is 1.27 bits per heavy atom. The number of hydrogen-bond acceptors (Lipinski definition) is 3. The molecule has 7 heteroatoms. The number of nitrogens with zero attached hydrogens (tertiary/aromatic N) is 1. The predicted molar refractivity (Wildman–Crippen MR) is 89.6 cm³/mol. The van der Waals surface area contributed by atoms with Crippen LogP contribution in [0.3, 0.4) is 0 Å². The van der Waals surface area contributed by atoms with Gasteiger partial charge in [-0.05, 0) is 30.4 Å². The summed E-state index contributed by atoms with van der Waals surface area (Å²) in [6, 6.07) is 12.6. The van der Waals surface area contributed by atoms with E-state index in [1.807, 2.05) is 37.3 Å². The molecule has 1 aliphatic rings. The number of benzene rings is 1. The number of ether oxygens (including phenoxy) is 1. The van der Waals surface area contributed by atoms with Crippen LogP contribution < -0.4 is 10.1 Å². The SMILES string of the molecule is CC(NC(=O)[C@H]1C[C@@H]1c1ccccc1)c1ccc(OCC(F)(F)F)nc1. The first-order valence-electron chi connectivity index (χ1n) is 8.34. The van der Waals surface area contributed by atoms with Crippen molar-refractivity contribution in [2.24, 2.45) is 5.92 Å². The monoisotopic (exact) mass is 364 g/mol. The molecule has 0 aliphatic heterocycles. The number of alkyl halides is 3. The quantitative estimate of drug-likeness (QED) is 0.843. The van der Waals surface area contributed by atoms with E-state index in [-0.39, 0.29) is 29.7 Å². The third-order valence-electron chi connectivity index (χ3n) is 4.36. The minimum atomic E-state index is -4.40. The maximum absolute atomic E-state index is 12.4. The Kier molecular flexibility index (Phi) is 5.15. The fraction of sp³-hybridized carbons (Fsp3) is 0.368. The van der Waals surface area contributed by atoms with Crippen LogP contribution in [0, 0.1) is 5.92 Å². The van der Waals surface area contributed by atoms with Gasteiger partial charge in [0.15, 0.2) is 6.61 Å². The molecule has 3 atom stereocenters. The highest BCUT2D eigenvalue weighted by molar-refractivity contribution is 5.83. The van der Waals surface area contributed by atoms with Crippen LogP contribution in [0.5, 0.6) is 5.88 Å². The molecule has 138 valence electrons. The summed E-state index contributed by atoms with van der Waals surface area (Å²) in [7, 11) is 0. The lowest BCUT2D eigenvalue weighted by atomic mass is 10.1. The van der Waals surface area contributed by atoms with E-state index in [1.165, 1.54) is 12.3 Å². The van der Waals surface area contributed by atoms with Gasteiger partial charge in [-0.15, -0.1) is 0 Å². The number of hydrogen-bond donors (Lipinski definition) is 1. The molecule has 1 fully saturated rings. The second-order valence-electron chi connectivity index (χ2n) is 6.42. The van der Waals surface area contributed by atoms with Gasteiger partial charge >= 0.3 is 6.18 Å². The minimum absolute atomic E-state index is 0.0243. The van der Waals surface area contributed by atoms with E-state index in [0.29, 0.717) is 5.56 Å². The summed E-state index contributed by atoms with van der Waals surface area (Å²) in [6.07, 6.45) is -2.16. The van der Waals surface area contributed by atoms with Gasteiger partial charge < -0.3 is 10.1 Å². The van der Waals surface area contributed by atoms with Gasteiger partial charge in [-0.3, -0.25) is 4.79 Å². The molecule has 0 spiro atoms. The molecule has 1 aliphatic carbocycles. The smallest absolute Gasteiger partial charge is 0.422 e. The third kappa shape index (κ3) is 4.74. The zero-order valence-electron chi connectivity index (χ0n) is 14.2. The summed E-state index contributed by atoms with van der Waals surface area (Å²) in [5, 5.41) is 2.93. The van der Waals surface area contributed by atoms with E-state index in [9.17, 15) is 18.0 Å². The predicted octanol–water partition coefficient (Wildman–Crippen LogP) is 4.00. The Morgan fingerprint density at radius 2 is 2.00 bits per heavy atom. The Bertz CT molecular complexity index is 748. The molecule has 2 aromatic rings. The van der Waals surface area contributed by atoms with Crippen molar-refractivity contribution in [2.75, 3.05) is 6.61 Å². The zero-order valence-corrected chi connectivity index (χ0v) is 14.2. The van der Waals surface area contributed by atoms with Gasteiger partial charge in [-0.2, -0.15) is 13.2 Å². The summed E-state index contributed by atoms with van der Waals surface area (Å²) in [5.41, 5.74) is 1.86. The Hall–Kier alpha value is -2.57. The van der Waals surface area contributed by atoms with Crippen molar-refractivity contribution >= 4 is 5.91 Å². The second-order valence-corrected chi connectivity index (χ2v) is 6.42. The van der Waals surface area contributed by atoms with Crippen LogP contribution in [0.25, 0.3) is 0 Å². The van der Waals surface area contributed by atoms with Crippen molar-refractivity contribution in [3.63, 3.8) is 0 Å². The number of amides is 1. The molecule has 4 nitrogen and oxygen atoms in total. The summed E-state index contributed by atoms with van der Waals surface area (Å²) >= 11 is 0. The first kappa shape index (κ1) is 18.2. The van der Waals surface area contributed by atoms with Gasteiger partial charge in [0, 0.05) is 18.2 Å². The van der Waals surface area contributed by atoms with Crippen LogP contribution in [0.15, 0.2) is 48.7 Å². The first-order chi connectivity index (χ1) is 12.3. The lowest BCUT2D eigenvalue weighted by Crippen LogP contribution is -2.28. The van der Waals surface area contributed by atoms with E-state index in [0.717, 1.165) is 12.0 Å². The number of aromatic nitrogens is 1. The third-order valence-corrected chi connectivity index (χ3v) is 4.36. The molecule has 1 unspecified atom stereocenters. The van der Waals surface area contributed by atoms with Gasteiger partial charge in [0.2, 0.25) is 11.8 Å². The van der Waals surface area contributed by atoms with Crippen molar-refractivity contribution in [3.05, 3.63) is 59.8 Å². The van der Waals surface area contributed by atoms with Crippen LogP contribution >= 0.6 is 0 Å².